The van der Waals surface area contributed by atoms with E-state index in [0.29, 0.717) is 24.6 Å². The van der Waals surface area contributed by atoms with Gasteiger partial charge in [0, 0.05) is 25.6 Å². The predicted octanol–water partition coefficient (Wildman–Crippen LogP) is 2.89. The first kappa shape index (κ1) is 15.9. The second-order valence-electron chi connectivity index (χ2n) is 4.87. The summed E-state index contributed by atoms with van der Waals surface area (Å²) in [4.78, 5) is 0.366. The van der Waals surface area contributed by atoms with Crippen LogP contribution in [0.25, 0.3) is 10.8 Å². The van der Waals surface area contributed by atoms with E-state index in [4.69, 9.17) is 4.74 Å². The first-order valence-electron chi connectivity index (χ1n) is 7.08. The molecule has 4 nitrogen and oxygen atoms in total. The molecule has 0 aromatic heterocycles. The van der Waals surface area contributed by atoms with Gasteiger partial charge < -0.3 is 4.74 Å². The van der Waals surface area contributed by atoms with Crippen LogP contribution < -0.4 is 0 Å². The number of hydrogen-bond donors (Lipinski definition) is 0. The highest BCUT2D eigenvalue weighted by Crippen LogP contribution is 2.25. The van der Waals surface area contributed by atoms with E-state index in [0.717, 1.165) is 17.2 Å². The van der Waals surface area contributed by atoms with Crippen molar-refractivity contribution >= 4 is 20.8 Å². The second kappa shape index (κ2) is 7.02. The molecule has 0 bridgehead atoms. The van der Waals surface area contributed by atoms with E-state index >= 15 is 0 Å². The van der Waals surface area contributed by atoms with Crippen LogP contribution in [0.3, 0.4) is 0 Å². The Balaban J connectivity index is 2.49. The molecule has 0 aliphatic carbocycles. The summed E-state index contributed by atoms with van der Waals surface area (Å²) in [5.41, 5.74) is 0. The van der Waals surface area contributed by atoms with Crippen molar-refractivity contribution in [3.05, 3.63) is 42.5 Å². The smallest absolute Gasteiger partial charge is 0.243 e. The van der Waals surface area contributed by atoms with Crippen molar-refractivity contribution in [1.29, 1.82) is 0 Å². The fourth-order valence-electron chi connectivity index (χ4n) is 2.35. The predicted molar refractivity (Wildman–Crippen MR) is 84.9 cm³/mol. The van der Waals surface area contributed by atoms with Crippen LogP contribution in [-0.2, 0) is 14.8 Å². The first-order chi connectivity index (χ1) is 10.1. The lowest BCUT2D eigenvalue weighted by atomic mass is 10.1. The summed E-state index contributed by atoms with van der Waals surface area (Å²) in [6, 6.07) is 12.9. The molecule has 0 aliphatic heterocycles. The third kappa shape index (κ3) is 3.43. The van der Waals surface area contributed by atoms with Crippen LogP contribution in [0.2, 0.25) is 0 Å². The zero-order valence-corrected chi connectivity index (χ0v) is 13.3. The van der Waals surface area contributed by atoms with Crippen molar-refractivity contribution in [2.75, 3.05) is 26.8 Å². The van der Waals surface area contributed by atoms with Gasteiger partial charge in [0.1, 0.15) is 0 Å². The summed E-state index contributed by atoms with van der Waals surface area (Å²) >= 11 is 0. The minimum atomic E-state index is -3.51. The lowest BCUT2D eigenvalue weighted by Gasteiger charge is -2.22. The molecule has 0 atom stereocenters. The molecule has 0 unspecified atom stereocenters. The average Bonchev–Trinajstić information content (AvgIpc) is 2.50. The zero-order chi connectivity index (χ0) is 15.3. The topological polar surface area (TPSA) is 46.6 Å². The molecule has 0 N–H and O–H groups in total. The second-order valence-corrected chi connectivity index (χ2v) is 6.78. The lowest BCUT2D eigenvalue weighted by Crippen LogP contribution is -2.34. The van der Waals surface area contributed by atoms with Gasteiger partial charge in [0.25, 0.3) is 0 Å². The van der Waals surface area contributed by atoms with E-state index in [9.17, 15) is 8.42 Å². The summed E-state index contributed by atoms with van der Waals surface area (Å²) < 4.78 is 32.4. The Hall–Kier alpha value is -1.43. The van der Waals surface area contributed by atoms with Crippen molar-refractivity contribution in [2.24, 2.45) is 0 Å². The van der Waals surface area contributed by atoms with E-state index in [1.165, 1.54) is 4.31 Å². The third-order valence-electron chi connectivity index (χ3n) is 3.39. The normalized spacial score (nSPS) is 12.1. The number of nitrogens with zero attached hydrogens (tertiary/aromatic N) is 1. The summed E-state index contributed by atoms with van der Waals surface area (Å²) in [6.07, 6.45) is 0.772. The van der Waals surface area contributed by atoms with Gasteiger partial charge in [0.15, 0.2) is 0 Å². The molecule has 2 rings (SSSR count). The van der Waals surface area contributed by atoms with E-state index in [1.54, 1.807) is 19.2 Å². The van der Waals surface area contributed by atoms with E-state index < -0.39 is 10.0 Å². The standard InChI is InChI=1S/C16H21NO3S/c1-3-11-17(12-13-20-2)21(18,19)16-10-6-8-14-7-4-5-9-15(14)16/h4-10H,3,11-13H2,1-2H3. The average molecular weight is 307 g/mol. The van der Waals surface area contributed by atoms with Gasteiger partial charge in [-0.25, -0.2) is 8.42 Å². The monoisotopic (exact) mass is 307 g/mol. The maximum Gasteiger partial charge on any atom is 0.243 e. The Morgan fingerprint density at radius 1 is 1.05 bits per heavy atom. The molecule has 0 spiro atoms. The molecular formula is C16H21NO3S. The van der Waals surface area contributed by atoms with E-state index in [-0.39, 0.29) is 0 Å². The Bertz CT molecular complexity index is 692. The van der Waals surface area contributed by atoms with Gasteiger partial charge in [-0.1, -0.05) is 43.3 Å². The third-order valence-corrected chi connectivity index (χ3v) is 5.34. The van der Waals surface area contributed by atoms with Gasteiger partial charge in [-0.2, -0.15) is 4.31 Å². The van der Waals surface area contributed by atoms with Crippen LogP contribution >= 0.6 is 0 Å². The highest BCUT2D eigenvalue weighted by molar-refractivity contribution is 7.89. The Morgan fingerprint density at radius 3 is 2.48 bits per heavy atom. The maximum atomic E-state index is 12.9. The molecule has 0 amide bonds. The number of rotatable bonds is 7. The molecule has 0 heterocycles. The molecule has 5 heteroatoms. The molecule has 114 valence electrons. The van der Waals surface area contributed by atoms with Gasteiger partial charge >= 0.3 is 0 Å². The highest BCUT2D eigenvalue weighted by atomic mass is 32.2. The Labute approximate surface area is 126 Å². The van der Waals surface area contributed by atoms with Crippen LogP contribution in [0.1, 0.15) is 13.3 Å². The van der Waals surface area contributed by atoms with E-state index in [2.05, 4.69) is 0 Å². The van der Waals surface area contributed by atoms with Gasteiger partial charge in [-0.15, -0.1) is 0 Å². The minimum absolute atomic E-state index is 0.366. The fraction of sp³-hybridized carbons (Fsp3) is 0.375. The van der Waals surface area contributed by atoms with E-state index in [1.807, 2.05) is 37.3 Å². The van der Waals surface area contributed by atoms with Crippen molar-refractivity contribution in [1.82, 2.24) is 4.31 Å². The molecule has 2 aromatic carbocycles. The van der Waals surface area contributed by atoms with Gasteiger partial charge in [-0.3, -0.25) is 0 Å². The van der Waals surface area contributed by atoms with Gasteiger partial charge in [0.2, 0.25) is 10.0 Å². The largest absolute Gasteiger partial charge is 0.383 e. The summed E-state index contributed by atoms with van der Waals surface area (Å²) in [6.45, 7) is 3.23. The van der Waals surface area contributed by atoms with Crippen LogP contribution in [-0.4, -0.2) is 39.5 Å². The molecule has 0 aliphatic rings. The number of benzene rings is 2. The van der Waals surface area contributed by atoms with Crippen molar-refractivity contribution in [3.63, 3.8) is 0 Å². The van der Waals surface area contributed by atoms with Crippen LogP contribution in [0.5, 0.6) is 0 Å². The molecule has 0 saturated heterocycles. The molecule has 2 aromatic rings. The quantitative estimate of drug-likeness (QED) is 0.790. The van der Waals surface area contributed by atoms with Crippen LogP contribution in [0, 0.1) is 0 Å². The fourth-order valence-corrected chi connectivity index (χ4v) is 4.08. The number of hydrogen-bond acceptors (Lipinski definition) is 3. The number of sulfonamides is 1. The van der Waals surface area contributed by atoms with Crippen LogP contribution in [0.4, 0.5) is 0 Å². The molecule has 0 saturated carbocycles. The van der Waals surface area contributed by atoms with Gasteiger partial charge in [0.05, 0.1) is 11.5 Å². The summed E-state index contributed by atoms with van der Waals surface area (Å²) in [5.74, 6) is 0. The minimum Gasteiger partial charge on any atom is -0.383 e. The number of fused-ring (bicyclic) bond motifs is 1. The first-order valence-corrected chi connectivity index (χ1v) is 8.52. The number of methoxy groups -OCH3 is 1. The Kier molecular flexibility index (Phi) is 5.33. The highest BCUT2D eigenvalue weighted by Gasteiger charge is 2.25. The maximum absolute atomic E-state index is 12.9. The molecule has 0 fully saturated rings. The Morgan fingerprint density at radius 2 is 1.76 bits per heavy atom. The molecule has 0 radical (unpaired) electrons. The SMILES string of the molecule is CCCN(CCOC)S(=O)(=O)c1cccc2ccccc12. The van der Waals surface area contributed by atoms with Crippen molar-refractivity contribution in [2.45, 2.75) is 18.2 Å². The van der Waals surface area contributed by atoms with Crippen LogP contribution in [0.15, 0.2) is 47.4 Å². The number of ether oxygens (including phenoxy) is 1. The lowest BCUT2D eigenvalue weighted by molar-refractivity contribution is 0.179. The summed E-state index contributed by atoms with van der Waals surface area (Å²) in [7, 11) is -1.93. The molecule has 21 heavy (non-hydrogen) atoms. The molecular weight excluding hydrogens is 286 g/mol. The summed E-state index contributed by atoms with van der Waals surface area (Å²) in [5, 5.41) is 1.69. The van der Waals surface area contributed by atoms with Crippen molar-refractivity contribution < 1.29 is 13.2 Å². The van der Waals surface area contributed by atoms with Gasteiger partial charge in [-0.05, 0) is 17.9 Å². The zero-order valence-electron chi connectivity index (χ0n) is 12.5. The van der Waals surface area contributed by atoms with Crippen molar-refractivity contribution in [3.8, 4) is 0 Å².